The molecule has 0 aliphatic heterocycles. The van der Waals surface area contributed by atoms with Gasteiger partial charge in [0.25, 0.3) is 0 Å². The van der Waals surface area contributed by atoms with Gasteiger partial charge in [0.1, 0.15) is 11.5 Å². The van der Waals surface area contributed by atoms with Gasteiger partial charge in [-0.15, -0.1) is 23.2 Å². The maximum atomic E-state index is 6.95. The van der Waals surface area contributed by atoms with Crippen LogP contribution in [0.2, 0.25) is 0 Å². The van der Waals surface area contributed by atoms with Gasteiger partial charge >= 0.3 is 0 Å². The minimum absolute atomic E-state index is 0.138. The Kier molecular flexibility index (Phi) is 4.04. The Balaban J connectivity index is 2.52. The molecule has 1 aromatic carbocycles. The van der Waals surface area contributed by atoms with Crippen LogP contribution >= 0.6 is 46.4 Å². The minimum Gasteiger partial charge on any atom is -0.496 e. The zero-order valence-corrected chi connectivity index (χ0v) is 15.8. The van der Waals surface area contributed by atoms with Crippen molar-refractivity contribution in [2.24, 2.45) is 0 Å². The van der Waals surface area contributed by atoms with Crippen molar-refractivity contribution in [3.05, 3.63) is 33.3 Å². The highest BCUT2D eigenvalue weighted by molar-refractivity contribution is 6.52. The maximum Gasteiger partial charge on any atom is 0.226 e. The van der Waals surface area contributed by atoms with Gasteiger partial charge in [-0.3, -0.25) is 0 Å². The molecule has 8 heteroatoms. The molecule has 0 amide bonds. The molecule has 0 aromatic heterocycles. The lowest BCUT2D eigenvalue weighted by molar-refractivity contribution is -0.228. The molecule has 0 heterocycles. The van der Waals surface area contributed by atoms with Crippen LogP contribution in [0.25, 0.3) is 0 Å². The van der Waals surface area contributed by atoms with Crippen LogP contribution in [0.4, 0.5) is 0 Å². The van der Waals surface area contributed by atoms with Gasteiger partial charge in [-0.25, -0.2) is 0 Å². The van der Waals surface area contributed by atoms with Crippen LogP contribution in [-0.2, 0) is 19.2 Å². The first-order valence-corrected chi connectivity index (χ1v) is 8.13. The highest BCUT2D eigenvalue weighted by atomic mass is 35.5. The second-order valence-corrected chi connectivity index (χ2v) is 7.08. The zero-order valence-electron chi connectivity index (χ0n) is 12.8. The summed E-state index contributed by atoms with van der Waals surface area (Å²) in [6.45, 7) is 0. The standard InChI is InChI=1S/C15H14Cl4O4/c1-20-7-5-6-8(21-2)10-9(7)13(18)11(16)12(17)14(10,19)15(13,22-3)23-4/h5-6H,1-4H3/t13-,14-/m0/s1. The quantitative estimate of drug-likeness (QED) is 0.559. The number of halogens is 4. The Morgan fingerprint density at radius 1 is 0.739 bits per heavy atom. The average molecular weight is 400 g/mol. The fourth-order valence-corrected chi connectivity index (χ4v) is 5.63. The molecule has 2 aliphatic rings. The third kappa shape index (κ3) is 1.58. The van der Waals surface area contributed by atoms with Crippen LogP contribution < -0.4 is 9.47 Å². The Bertz CT molecular complexity index is 661. The number of hydrogen-bond acceptors (Lipinski definition) is 4. The second-order valence-electron chi connectivity index (χ2n) is 5.19. The van der Waals surface area contributed by atoms with E-state index in [1.54, 1.807) is 12.1 Å². The van der Waals surface area contributed by atoms with Gasteiger partial charge in [0.2, 0.25) is 5.79 Å². The first-order valence-electron chi connectivity index (χ1n) is 6.62. The van der Waals surface area contributed by atoms with Gasteiger partial charge in [-0.1, -0.05) is 23.2 Å². The number of fused-ring (bicyclic) bond motifs is 5. The Labute approximate surface area is 154 Å². The topological polar surface area (TPSA) is 36.9 Å². The van der Waals surface area contributed by atoms with Crippen molar-refractivity contribution in [2.75, 3.05) is 28.4 Å². The summed E-state index contributed by atoms with van der Waals surface area (Å²) in [6.07, 6.45) is 0. The van der Waals surface area contributed by atoms with Crippen molar-refractivity contribution in [3.63, 3.8) is 0 Å². The molecule has 0 unspecified atom stereocenters. The van der Waals surface area contributed by atoms with Crippen LogP contribution in [0.3, 0.4) is 0 Å². The molecule has 0 saturated carbocycles. The molecule has 4 nitrogen and oxygen atoms in total. The molecule has 2 bridgehead atoms. The van der Waals surface area contributed by atoms with Crippen molar-refractivity contribution in [2.45, 2.75) is 15.5 Å². The Hall–Kier alpha value is -0.360. The van der Waals surface area contributed by atoms with Crippen LogP contribution in [0, 0.1) is 0 Å². The van der Waals surface area contributed by atoms with E-state index >= 15 is 0 Å². The Morgan fingerprint density at radius 3 is 1.35 bits per heavy atom. The van der Waals surface area contributed by atoms with Crippen molar-refractivity contribution in [3.8, 4) is 11.5 Å². The highest BCUT2D eigenvalue weighted by Gasteiger charge is 2.81. The molecule has 0 saturated heterocycles. The van der Waals surface area contributed by atoms with Crippen molar-refractivity contribution in [1.29, 1.82) is 0 Å². The van der Waals surface area contributed by atoms with E-state index < -0.39 is 15.5 Å². The number of ether oxygens (including phenoxy) is 4. The monoisotopic (exact) mass is 398 g/mol. The van der Waals surface area contributed by atoms with Gasteiger partial charge < -0.3 is 18.9 Å². The number of alkyl halides is 2. The van der Waals surface area contributed by atoms with E-state index in [1.165, 1.54) is 28.4 Å². The van der Waals surface area contributed by atoms with Gasteiger partial charge in [0.05, 0.1) is 24.3 Å². The average Bonchev–Trinajstić information content (AvgIpc) is 2.83. The van der Waals surface area contributed by atoms with E-state index in [0.29, 0.717) is 22.6 Å². The summed E-state index contributed by atoms with van der Waals surface area (Å²) in [6, 6.07) is 3.44. The second kappa shape index (κ2) is 5.32. The van der Waals surface area contributed by atoms with Crippen LogP contribution in [-0.4, -0.2) is 34.2 Å². The summed E-state index contributed by atoms with van der Waals surface area (Å²) in [5.74, 6) is -0.583. The molecule has 0 radical (unpaired) electrons. The van der Waals surface area contributed by atoms with E-state index in [9.17, 15) is 0 Å². The normalized spacial score (nSPS) is 30.6. The maximum absolute atomic E-state index is 6.95. The zero-order chi connectivity index (χ0) is 17.2. The number of methoxy groups -OCH3 is 4. The number of benzene rings is 1. The summed E-state index contributed by atoms with van der Waals surface area (Å²) in [7, 11) is 5.91. The number of rotatable bonds is 4. The number of hydrogen-bond donors (Lipinski definition) is 0. The van der Waals surface area contributed by atoms with E-state index in [1.807, 2.05) is 0 Å². The summed E-state index contributed by atoms with van der Waals surface area (Å²) in [5, 5.41) is 0.275. The third-order valence-corrected chi connectivity index (χ3v) is 7.03. The van der Waals surface area contributed by atoms with Gasteiger partial charge in [-0.05, 0) is 12.1 Å². The van der Waals surface area contributed by atoms with E-state index in [4.69, 9.17) is 65.4 Å². The molecule has 3 rings (SSSR count). The van der Waals surface area contributed by atoms with E-state index in [-0.39, 0.29) is 10.1 Å². The predicted octanol–water partition coefficient (Wildman–Crippen LogP) is 4.28. The molecule has 126 valence electrons. The third-order valence-electron chi connectivity index (χ3n) is 4.54. The lowest BCUT2D eigenvalue weighted by atomic mass is 9.93. The van der Waals surface area contributed by atoms with Gasteiger partial charge in [-0.2, -0.15) is 0 Å². The summed E-state index contributed by atoms with van der Waals surface area (Å²) in [4.78, 5) is -2.93. The van der Waals surface area contributed by atoms with E-state index in [0.717, 1.165) is 0 Å². The fraction of sp³-hybridized carbons (Fsp3) is 0.467. The van der Waals surface area contributed by atoms with Crippen molar-refractivity contribution >= 4 is 46.4 Å². The van der Waals surface area contributed by atoms with Crippen LogP contribution in [0.5, 0.6) is 11.5 Å². The lowest BCUT2D eigenvalue weighted by Crippen LogP contribution is -2.53. The highest BCUT2D eigenvalue weighted by Crippen LogP contribution is 2.77. The molecular weight excluding hydrogens is 386 g/mol. The molecular formula is C15H14Cl4O4. The lowest BCUT2D eigenvalue weighted by Gasteiger charge is -2.40. The van der Waals surface area contributed by atoms with E-state index in [2.05, 4.69) is 0 Å². The smallest absolute Gasteiger partial charge is 0.226 e. The molecule has 2 atom stereocenters. The molecule has 2 aliphatic carbocycles. The molecule has 23 heavy (non-hydrogen) atoms. The first-order chi connectivity index (χ1) is 10.8. The molecule has 0 spiro atoms. The predicted molar refractivity (Wildman–Crippen MR) is 90.1 cm³/mol. The van der Waals surface area contributed by atoms with Crippen LogP contribution in [0.1, 0.15) is 11.1 Å². The summed E-state index contributed by atoms with van der Waals surface area (Å²) >= 11 is 26.8. The SMILES string of the molecule is COc1ccc(OC)c2c1[C@]1(Cl)C(Cl)=C(Cl)[C@]2(Cl)C1(OC)OC. The minimum atomic E-state index is -1.55. The summed E-state index contributed by atoms with van der Waals surface area (Å²) < 4.78 is 22.2. The van der Waals surface area contributed by atoms with Gasteiger partial charge in [0.15, 0.2) is 9.75 Å². The molecule has 1 aromatic rings. The first kappa shape index (κ1) is 17.5. The summed E-state index contributed by atoms with van der Waals surface area (Å²) in [5.41, 5.74) is 1.04. The Morgan fingerprint density at radius 2 is 1.09 bits per heavy atom. The molecule has 0 fully saturated rings. The largest absolute Gasteiger partial charge is 0.496 e. The molecule has 0 N–H and O–H groups in total. The van der Waals surface area contributed by atoms with Gasteiger partial charge in [0, 0.05) is 25.3 Å². The van der Waals surface area contributed by atoms with Crippen molar-refractivity contribution in [1.82, 2.24) is 0 Å². The van der Waals surface area contributed by atoms with Crippen molar-refractivity contribution < 1.29 is 18.9 Å². The van der Waals surface area contributed by atoms with Crippen LogP contribution in [0.15, 0.2) is 22.2 Å². The fourth-order valence-electron chi connectivity index (χ4n) is 3.61.